The zero-order valence-corrected chi connectivity index (χ0v) is 11.3. The van der Waals surface area contributed by atoms with Crippen molar-refractivity contribution in [3.05, 3.63) is 71.0 Å². The van der Waals surface area contributed by atoms with Crippen LogP contribution < -0.4 is 10.8 Å². The van der Waals surface area contributed by atoms with Crippen LogP contribution in [0.15, 0.2) is 59.6 Å². The molecule has 2 nitrogen and oxygen atoms in total. The summed E-state index contributed by atoms with van der Waals surface area (Å²) < 4.78 is 2.36. The van der Waals surface area contributed by atoms with Crippen molar-refractivity contribution < 1.29 is 0 Å². The average Bonchev–Trinajstić information content (AvgIpc) is 2.84. The lowest BCUT2D eigenvalue weighted by Gasteiger charge is -2.08. The highest BCUT2D eigenvalue weighted by atomic mass is 15.0. The summed E-state index contributed by atoms with van der Waals surface area (Å²) in [5.41, 5.74) is 2.39. The zero-order chi connectivity index (χ0) is 13.4. The summed E-state index contributed by atoms with van der Waals surface area (Å²) in [7, 11) is 0. The quantitative estimate of drug-likeness (QED) is 0.639. The maximum Gasteiger partial charge on any atom is 0.136 e. The normalized spacial score (nSPS) is 15.1. The third-order valence-corrected chi connectivity index (χ3v) is 3.89. The summed E-state index contributed by atoms with van der Waals surface area (Å²) in [5.74, 6) is 0. The van der Waals surface area contributed by atoms with E-state index in [1.54, 1.807) is 0 Å². The van der Waals surface area contributed by atoms with Gasteiger partial charge in [0.05, 0.1) is 5.35 Å². The standard InChI is InChI=1S/C18H16N2/c1-2-7-14(8-3-1)13-17-15-9-4-5-10-16(15)18-19-11-6-12-20(17)18/h1-5,7-10,13H,6,11-12H2/b17-13+. The largest absolute Gasteiger partial charge is 0.325 e. The minimum Gasteiger partial charge on any atom is -0.325 e. The van der Waals surface area contributed by atoms with E-state index in [9.17, 15) is 0 Å². The monoisotopic (exact) mass is 260 g/mol. The van der Waals surface area contributed by atoms with Crippen LogP contribution in [0.3, 0.4) is 0 Å². The molecule has 0 saturated carbocycles. The summed E-state index contributed by atoms with van der Waals surface area (Å²) in [5, 5.41) is 3.86. The van der Waals surface area contributed by atoms with Gasteiger partial charge in [-0.1, -0.05) is 54.6 Å². The smallest absolute Gasteiger partial charge is 0.136 e. The van der Waals surface area contributed by atoms with Gasteiger partial charge in [0.25, 0.3) is 0 Å². The molecule has 0 amide bonds. The van der Waals surface area contributed by atoms with Gasteiger partial charge < -0.3 is 4.57 Å². The molecule has 0 saturated heterocycles. The Balaban J connectivity index is 2.12. The lowest BCUT2D eigenvalue weighted by atomic mass is 10.1. The minimum absolute atomic E-state index is 0.943. The molecule has 0 N–H and O–H groups in total. The highest BCUT2D eigenvalue weighted by Crippen LogP contribution is 2.09. The van der Waals surface area contributed by atoms with Crippen molar-refractivity contribution in [2.45, 2.75) is 13.0 Å². The van der Waals surface area contributed by atoms with E-state index in [1.807, 2.05) is 0 Å². The van der Waals surface area contributed by atoms with E-state index in [0.717, 1.165) is 25.0 Å². The maximum absolute atomic E-state index is 4.73. The zero-order valence-electron chi connectivity index (χ0n) is 11.3. The molecule has 98 valence electrons. The van der Waals surface area contributed by atoms with Crippen molar-refractivity contribution in [1.82, 2.24) is 4.57 Å². The number of hydrogen-bond donors (Lipinski definition) is 0. The molecule has 1 aliphatic rings. The fraction of sp³-hybridized carbons (Fsp3) is 0.167. The molecular formula is C18H16N2. The van der Waals surface area contributed by atoms with E-state index in [0.29, 0.717) is 0 Å². The summed E-state index contributed by atoms with van der Waals surface area (Å²) in [6.07, 6.45) is 3.40. The third kappa shape index (κ3) is 1.76. The first kappa shape index (κ1) is 11.5. The summed E-state index contributed by atoms with van der Waals surface area (Å²) in [6, 6.07) is 19.1. The molecule has 20 heavy (non-hydrogen) atoms. The molecule has 4 rings (SSSR count). The van der Waals surface area contributed by atoms with Gasteiger partial charge in [-0.05, 0) is 18.1 Å². The van der Waals surface area contributed by atoms with Crippen molar-refractivity contribution in [1.29, 1.82) is 0 Å². The first-order valence-corrected chi connectivity index (χ1v) is 7.12. The second-order valence-corrected chi connectivity index (χ2v) is 5.20. The molecule has 0 bridgehead atoms. The molecule has 0 spiro atoms. The molecule has 1 aliphatic heterocycles. The van der Waals surface area contributed by atoms with Crippen molar-refractivity contribution in [2.75, 3.05) is 6.54 Å². The van der Waals surface area contributed by atoms with Crippen LogP contribution in [0.5, 0.6) is 0 Å². The van der Waals surface area contributed by atoms with Crippen LogP contribution in [-0.4, -0.2) is 11.1 Å². The molecule has 0 unspecified atom stereocenters. The topological polar surface area (TPSA) is 17.3 Å². The van der Waals surface area contributed by atoms with E-state index in [-0.39, 0.29) is 0 Å². The van der Waals surface area contributed by atoms with E-state index in [2.05, 4.69) is 65.2 Å². The predicted molar refractivity (Wildman–Crippen MR) is 82.2 cm³/mol. The van der Waals surface area contributed by atoms with Crippen LogP contribution in [0.25, 0.3) is 16.8 Å². The Kier molecular flexibility index (Phi) is 2.66. The van der Waals surface area contributed by atoms with Gasteiger partial charge in [0.2, 0.25) is 0 Å². The van der Waals surface area contributed by atoms with Gasteiger partial charge in [0.1, 0.15) is 5.49 Å². The summed E-state index contributed by atoms with van der Waals surface area (Å²) in [6.45, 7) is 2.00. The maximum atomic E-state index is 4.73. The second-order valence-electron chi connectivity index (χ2n) is 5.20. The minimum atomic E-state index is 0.943. The predicted octanol–water partition coefficient (Wildman–Crippen LogP) is 2.49. The van der Waals surface area contributed by atoms with Gasteiger partial charge in [0, 0.05) is 23.9 Å². The Morgan fingerprint density at radius 2 is 1.65 bits per heavy atom. The fourth-order valence-electron chi connectivity index (χ4n) is 2.98. The van der Waals surface area contributed by atoms with Gasteiger partial charge in [-0.2, -0.15) is 0 Å². The number of aromatic nitrogens is 1. The summed E-state index contributed by atoms with van der Waals surface area (Å²) >= 11 is 0. The van der Waals surface area contributed by atoms with Gasteiger partial charge in [-0.25, -0.2) is 0 Å². The fourth-order valence-corrected chi connectivity index (χ4v) is 2.98. The van der Waals surface area contributed by atoms with E-state index >= 15 is 0 Å². The van der Waals surface area contributed by atoms with Crippen LogP contribution >= 0.6 is 0 Å². The Morgan fingerprint density at radius 3 is 2.50 bits per heavy atom. The molecule has 0 fully saturated rings. The lowest BCUT2D eigenvalue weighted by Crippen LogP contribution is -2.30. The van der Waals surface area contributed by atoms with Gasteiger partial charge in [-0.3, -0.25) is 4.99 Å². The van der Waals surface area contributed by atoms with Crippen LogP contribution in [-0.2, 0) is 6.54 Å². The molecule has 1 aromatic heterocycles. The molecular weight excluding hydrogens is 244 g/mol. The highest BCUT2D eigenvalue weighted by Gasteiger charge is 2.10. The first-order chi connectivity index (χ1) is 9.93. The second kappa shape index (κ2) is 4.64. The Hall–Kier alpha value is -2.35. The molecule has 0 aliphatic carbocycles. The Labute approximate surface area is 117 Å². The molecule has 3 aromatic rings. The average molecular weight is 260 g/mol. The molecule has 2 heteroatoms. The van der Waals surface area contributed by atoms with Gasteiger partial charge in [-0.15, -0.1) is 0 Å². The van der Waals surface area contributed by atoms with Crippen molar-refractivity contribution in [3.63, 3.8) is 0 Å². The first-order valence-electron chi connectivity index (χ1n) is 7.12. The van der Waals surface area contributed by atoms with Gasteiger partial charge in [0.15, 0.2) is 0 Å². The van der Waals surface area contributed by atoms with E-state index in [1.165, 1.54) is 21.7 Å². The summed E-state index contributed by atoms with van der Waals surface area (Å²) in [4.78, 5) is 4.73. The highest BCUT2D eigenvalue weighted by molar-refractivity contribution is 5.84. The van der Waals surface area contributed by atoms with E-state index in [4.69, 9.17) is 4.99 Å². The van der Waals surface area contributed by atoms with Crippen LogP contribution in [0.1, 0.15) is 12.0 Å². The molecule has 0 atom stereocenters. The number of fused-ring (bicyclic) bond motifs is 3. The van der Waals surface area contributed by atoms with Crippen molar-refractivity contribution >= 4 is 16.8 Å². The van der Waals surface area contributed by atoms with Crippen molar-refractivity contribution in [2.24, 2.45) is 4.99 Å². The van der Waals surface area contributed by atoms with Crippen LogP contribution in [0.4, 0.5) is 0 Å². The third-order valence-electron chi connectivity index (χ3n) is 3.89. The van der Waals surface area contributed by atoms with Crippen LogP contribution in [0.2, 0.25) is 0 Å². The van der Waals surface area contributed by atoms with Crippen molar-refractivity contribution in [3.8, 4) is 0 Å². The number of rotatable bonds is 1. The SMILES string of the molecule is C(/c1ccccc1)=c1/c2ccccc2c2n1CCCN=2. The Morgan fingerprint density at radius 1 is 0.900 bits per heavy atom. The van der Waals surface area contributed by atoms with Crippen LogP contribution in [0, 0.1) is 0 Å². The number of benzene rings is 2. The molecule has 2 aromatic carbocycles. The Bertz CT molecular complexity index is 873. The molecule has 0 radical (unpaired) electrons. The van der Waals surface area contributed by atoms with E-state index < -0.39 is 0 Å². The lowest BCUT2D eigenvalue weighted by molar-refractivity contribution is 0.573. The number of nitrogens with zero attached hydrogens (tertiary/aromatic N) is 2. The number of hydrogen-bond acceptors (Lipinski definition) is 1. The van der Waals surface area contributed by atoms with Gasteiger partial charge >= 0.3 is 0 Å². The molecule has 2 heterocycles.